The largest absolute Gasteiger partial charge is 0.367 e. The lowest BCUT2D eigenvalue weighted by atomic mass is 10.2. The first-order valence-electron chi connectivity index (χ1n) is 8.26. The number of pyridine rings is 2. The number of nitrogens with one attached hydrogen (secondary N) is 1. The normalized spacial score (nSPS) is 14.3. The predicted molar refractivity (Wildman–Crippen MR) is 94.1 cm³/mol. The minimum absolute atomic E-state index is 0.0991. The fourth-order valence-electron chi connectivity index (χ4n) is 2.79. The first-order chi connectivity index (χ1) is 12.1. The van der Waals surface area contributed by atoms with Crippen molar-refractivity contribution < 1.29 is 9.59 Å². The summed E-state index contributed by atoms with van der Waals surface area (Å²) in [7, 11) is 0. The highest BCUT2D eigenvalue weighted by Gasteiger charge is 2.19. The van der Waals surface area contributed by atoms with Crippen LogP contribution in [0.15, 0.2) is 43.0 Å². The Morgan fingerprint density at radius 1 is 1.08 bits per heavy atom. The number of anilines is 1. The zero-order valence-corrected chi connectivity index (χ0v) is 14.2. The summed E-state index contributed by atoms with van der Waals surface area (Å²) < 4.78 is 0. The SMILES string of the molecule is CC(=O)N1CCN(c2cncc(C(=O)NCc3ccncc3)c2)CC1. The maximum atomic E-state index is 12.4. The Kier molecular flexibility index (Phi) is 5.23. The smallest absolute Gasteiger partial charge is 0.253 e. The zero-order chi connectivity index (χ0) is 17.6. The Labute approximate surface area is 146 Å². The molecule has 130 valence electrons. The molecule has 7 heteroatoms. The van der Waals surface area contributed by atoms with E-state index in [0.717, 1.165) is 24.3 Å². The van der Waals surface area contributed by atoms with Gasteiger partial charge in [0.25, 0.3) is 5.91 Å². The molecule has 0 aromatic carbocycles. The second kappa shape index (κ2) is 7.74. The van der Waals surface area contributed by atoms with Gasteiger partial charge < -0.3 is 15.1 Å². The Bertz CT molecular complexity index is 742. The number of rotatable bonds is 4. The number of nitrogens with zero attached hydrogens (tertiary/aromatic N) is 4. The molecular formula is C18H21N5O2. The fraction of sp³-hybridized carbons (Fsp3) is 0.333. The third-order valence-electron chi connectivity index (χ3n) is 4.28. The Morgan fingerprint density at radius 2 is 1.80 bits per heavy atom. The molecule has 25 heavy (non-hydrogen) atoms. The average molecular weight is 339 g/mol. The molecule has 0 unspecified atom stereocenters. The molecule has 1 aliphatic heterocycles. The van der Waals surface area contributed by atoms with Crippen molar-refractivity contribution in [3.8, 4) is 0 Å². The van der Waals surface area contributed by atoms with Gasteiger partial charge in [-0.05, 0) is 23.8 Å². The number of carbonyl (C=O) groups excluding carboxylic acids is 2. The summed E-state index contributed by atoms with van der Waals surface area (Å²) in [6, 6.07) is 5.57. The van der Waals surface area contributed by atoms with Crippen molar-refractivity contribution in [3.05, 3.63) is 54.1 Å². The lowest BCUT2D eigenvalue weighted by Gasteiger charge is -2.35. The molecule has 0 aliphatic carbocycles. The molecule has 1 saturated heterocycles. The molecule has 1 N–H and O–H groups in total. The second-order valence-corrected chi connectivity index (χ2v) is 5.96. The molecule has 1 fully saturated rings. The van der Waals surface area contributed by atoms with E-state index in [0.29, 0.717) is 25.2 Å². The van der Waals surface area contributed by atoms with Crippen LogP contribution in [0.5, 0.6) is 0 Å². The topological polar surface area (TPSA) is 78.4 Å². The molecule has 0 spiro atoms. The van der Waals surface area contributed by atoms with Gasteiger partial charge in [0.15, 0.2) is 0 Å². The van der Waals surface area contributed by atoms with Crippen LogP contribution in [0.1, 0.15) is 22.8 Å². The minimum atomic E-state index is -0.159. The molecule has 1 aliphatic rings. The third kappa shape index (κ3) is 4.32. The maximum Gasteiger partial charge on any atom is 0.253 e. The summed E-state index contributed by atoms with van der Waals surface area (Å²) >= 11 is 0. The summed E-state index contributed by atoms with van der Waals surface area (Å²) in [6.07, 6.45) is 6.72. The third-order valence-corrected chi connectivity index (χ3v) is 4.28. The molecule has 3 rings (SSSR count). The van der Waals surface area contributed by atoms with Gasteiger partial charge in [-0.1, -0.05) is 0 Å². The average Bonchev–Trinajstić information content (AvgIpc) is 2.67. The molecule has 3 heterocycles. The summed E-state index contributed by atoms with van der Waals surface area (Å²) in [5.74, 6) is -0.0597. The van der Waals surface area contributed by atoms with Crippen LogP contribution >= 0.6 is 0 Å². The summed E-state index contributed by atoms with van der Waals surface area (Å²) in [5, 5.41) is 2.89. The van der Waals surface area contributed by atoms with Crippen molar-refractivity contribution in [2.24, 2.45) is 0 Å². The van der Waals surface area contributed by atoms with Crippen LogP contribution in [0.4, 0.5) is 5.69 Å². The van der Waals surface area contributed by atoms with Crippen molar-refractivity contribution in [3.63, 3.8) is 0 Å². The first kappa shape index (κ1) is 16.9. The van der Waals surface area contributed by atoms with Gasteiger partial charge in [-0.2, -0.15) is 0 Å². The summed E-state index contributed by atoms with van der Waals surface area (Å²) in [4.78, 5) is 35.9. The molecule has 0 saturated carbocycles. The summed E-state index contributed by atoms with van der Waals surface area (Å²) in [5.41, 5.74) is 2.42. The van der Waals surface area contributed by atoms with Crippen LogP contribution in [0, 0.1) is 0 Å². The van der Waals surface area contributed by atoms with E-state index in [9.17, 15) is 9.59 Å². The van der Waals surface area contributed by atoms with Gasteiger partial charge in [-0.25, -0.2) is 0 Å². The molecule has 2 amide bonds. The van der Waals surface area contributed by atoms with E-state index in [1.54, 1.807) is 31.7 Å². The van der Waals surface area contributed by atoms with E-state index in [4.69, 9.17) is 0 Å². The van der Waals surface area contributed by atoms with Crippen molar-refractivity contribution >= 4 is 17.5 Å². The van der Waals surface area contributed by atoms with Crippen LogP contribution in [-0.2, 0) is 11.3 Å². The number of hydrogen-bond donors (Lipinski definition) is 1. The maximum absolute atomic E-state index is 12.4. The van der Waals surface area contributed by atoms with Crippen LogP contribution in [0.25, 0.3) is 0 Å². The van der Waals surface area contributed by atoms with Crippen LogP contribution in [-0.4, -0.2) is 52.9 Å². The van der Waals surface area contributed by atoms with Crippen molar-refractivity contribution in [2.75, 3.05) is 31.1 Å². The molecule has 2 aromatic rings. The fourth-order valence-corrected chi connectivity index (χ4v) is 2.79. The van der Waals surface area contributed by atoms with Gasteiger partial charge in [-0.3, -0.25) is 19.6 Å². The molecular weight excluding hydrogens is 318 g/mol. The number of amides is 2. The van der Waals surface area contributed by atoms with E-state index in [1.165, 1.54) is 0 Å². The van der Waals surface area contributed by atoms with Crippen LogP contribution < -0.4 is 10.2 Å². The van der Waals surface area contributed by atoms with Gasteiger partial charge >= 0.3 is 0 Å². The lowest BCUT2D eigenvalue weighted by Crippen LogP contribution is -2.48. The standard InChI is InChI=1S/C18H21N5O2/c1-14(24)22-6-8-23(9-7-22)17-10-16(12-20-13-17)18(25)21-11-15-2-4-19-5-3-15/h2-5,10,12-13H,6-9,11H2,1H3,(H,21,25). The van der Waals surface area contributed by atoms with Gasteiger partial charge in [0.05, 0.1) is 17.4 Å². The zero-order valence-electron chi connectivity index (χ0n) is 14.2. The first-order valence-corrected chi connectivity index (χ1v) is 8.26. The monoisotopic (exact) mass is 339 g/mol. The summed E-state index contributed by atoms with van der Waals surface area (Å²) in [6.45, 7) is 4.89. The van der Waals surface area contributed by atoms with Gasteiger partial charge in [0, 0.05) is 58.2 Å². The molecule has 0 bridgehead atoms. The van der Waals surface area contributed by atoms with E-state index in [-0.39, 0.29) is 11.8 Å². The Hall–Kier alpha value is -2.96. The predicted octanol–water partition coefficient (Wildman–Crippen LogP) is 1.08. The van der Waals surface area contributed by atoms with Gasteiger partial charge in [0.2, 0.25) is 5.91 Å². The minimum Gasteiger partial charge on any atom is -0.367 e. The highest BCUT2D eigenvalue weighted by molar-refractivity contribution is 5.94. The number of piperazine rings is 1. The second-order valence-electron chi connectivity index (χ2n) is 5.96. The number of hydrogen-bond acceptors (Lipinski definition) is 5. The highest BCUT2D eigenvalue weighted by atomic mass is 16.2. The molecule has 2 aromatic heterocycles. The van der Waals surface area contributed by atoms with Gasteiger partial charge in [-0.15, -0.1) is 0 Å². The van der Waals surface area contributed by atoms with Crippen molar-refractivity contribution in [1.29, 1.82) is 0 Å². The van der Waals surface area contributed by atoms with Crippen molar-refractivity contribution in [2.45, 2.75) is 13.5 Å². The Morgan fingerprint density at radius 3 is 2.48 bits per heavy atom. The number of aromatic nitrogens is 2. The van der Waals surface area contributed by atoms with Crippen LogP contribution in [0.2, 0.25) is 0 Å². The quantitative estimate of drug-likeness (QED) is 0.902. The van der Waals surface area contributed by atoms with E-state index < -0.39 is 0 Å². The van der Waals surface area contributed by atoms with Gasteiger partial charge in [0.1, 0.15) is 0 Å². The molecule has 0 radical (unpaired) electrons. The van der Waals surface area contributed by atoms with E-state index in [1.807, 2.05) is 23.1 Å². The molecule has 0 atom stereocenters. The highest BCUT2D eigenvalue weighted by Crippen LogP contribution is 2.17. The lowest BCUT2D eigenvalue weighted by molar-refractivity contribution is -0.129. The number of carbonyl (C=O) groups is 2. The van der Waals surface area contributed by atoms with Crippen LogP contribution in [0.3, 0.4) is 0 Å². The Balaban J connectivity index is 1.61. The van der Waals surface area contributed by atoms with Crippen molar-refractivity contribution in [1.82, 2.24) is 20.2 Å². The van der Waals surface area contributed by atoms with E-state index in [2.05, 4.69) is 20.2 Å². The molecule has 7 nitrogen and oxygen atoms in total. The van der Waals surface area contributed by atoms with E-state index >= 15 is 0 Å².